The van der Waals surface area contributed by atoms with Crippen LogP contribution < -0.4 is 0 Å². The van der Waals surface area contributed by atoms with Crippen molar-refractivity contribution in [3.8, 4) is 0 Å². The maximum Gasteiger partial charge on any atom is 0.410 e. The Balaban J connectivity index is 2.99. The molecule has 0 bridgehead atoms. The number of nitrogens with zero attached hydrogens (tertiary/aromatic N) is 3. The van der Waals surface area contributed by atoms with Crippen molar-refractivity contribution in [1.82, 2.24) is 14.5 Å². The van der Waals surface area contributed by atoms with Gasteiger partial charge >= 0.3 is 6.09 Å². The summed E-state index contributed by atoms with van der Waals surface area (Å²) in [7, 11) is 1.58. The number of rotatable bonds is 4. The summed E-state index contributed by atoms with van der Waals surface area (Å²) in [4.78, 5) is 17.5. The topological polar surface area (TPSA) is 47.4 Å². The lowest BCUT2D eigenvalue weighted by atomic mass is 9.99. The summed E-state index contributed by atoms with van der Waals surface area (Å²) >= 11 is 0. The molecule has 1 aromatic heterocycles. The minimum atomic E-state index is -2.49. The number of carbonyl (C=O) groups excluding carboxylic acids is 1. The molecule has 5 nitrogen and oxygen atoms in total. The van der Waals surface area contributed by atoms with Crippen LogP contribution in [0.15, 0.2) is 12.5 Å². The molecule has 1 rings (SSSR count). The van der Waals surface area contributed by atoms with E-state index in [1.807, 2.05) is 0 Å². The van der Waals surface area contributed by atoms with Crippen molar-refractivity contribution in [2.24, 2.45) is 0 Å². The first-order valence-corrected chi connectivity index (χ1v) is 6.70. The summed E-state index contributed by atoms with van der Waals surface area (Å²) in [5.41, 5.74) is -0.922. The third-order valence-corrected chi connectivity index (χ3v) is 3.18. The molecule has 21 heavy (non-hydrogen) atoms. The third-order valence-electron chi connectivity index (χ3n) is 3.18. The molecule has 0 unspecified atom stereocenters. The van der Waals surface area contributed by atoms with Crippen molar-refractivity contribution < 1.29 is 18.3 Å². The average Bonchev–Trinajstić information content (AvgIpc) is 2.73. The molecule has 0 aliphatic carbocycles. The number of imidazole rings is 1. The van der Waals surface area contributed by atoms with Gasteiger partial charge < -0.3 is 14.2 Å². The van der Waals surface area contributed by atoms with Gasteiger partial charge in [0.05, 0.1) is 30.3 Å². The van der Waals surface area contributed by atoms with Crippen molar-refractivity contribution in [2.45, 2.75) is 58.7 Å². The van der Waals surface area contributed by atoms with Gasteiger partial charge in [-0.3, -0.25) is 0 Å². The number of hydrogen-bond donors (Lipinski definition) is 0. The van der Waals surface area contributed by atoms with E-state index in [1.54, 1.807) is 41.7 Å². The van der Waals surface area contributed by atoms with Crippen LogP contribution in [-0.2, 0) is 16.8 Å². The minimum Gasteiger partial charge on any atom is -0.444 e. The first kappa shape index (κ1) is 17.4. The molecule has 0 aromatic carbocycles. The van der Waals surface area contributed by atoms with Crippen molar-refractivity contribution in [3.63, 3.8) is 0 Å². The smallest absolute Gasteiger partial charge is 0.410 e. The third kappa shape index (κ3) is 4.41. The van der Waals surface area contributed by atoms with E-state index in [0.29, 0.717) is 5.69 Å². The van der Waals surface area contributed by atoms with Crippen LogP contribution in [0.3, 0.4) is 0 Å². The average molecular weight is 303 g/mol. The standard InChI is InChI=1S/C14H23F2N3O2/c1-13(2,3)21-12(20)18(6)14(4,5)10-7-17-9-19(10)8-11(15)16/h7,9,11H,8H2,1-6H3. The van der Waals surface area contributed by atoms with Crippen LogP contribution in [0, 0.1) is 0 Å². The summed E-state index contributed by atoms with van der Waals surface area (Å²) in [5, 5.41) is 0. The van der Waals surface area contributed by atoms with Gasteiger partial charge in [0.25, 0.3) is 6.43 Å². The molecule has 0 radical (unpaired) electrons. The molecule has 0 fully saturated rings. The molecule has 0 aliphatic rings. The Labute approximate surface area is 123 Å². The van der Waals surface area contributed by atoms with Crippen LogP contribution in [0.2, 0.25) is 0 Å². The Hall–Kier alpha value is -1.66. The lowest BCUT2D eigenvalue weighted by molar-refractivity contribution is 0.00874. The highest BCUT2D eigenvalue weighted by Gasteiger charge is 2.35. The Morgan fingerprint density at radius 1 is 1.38 bits per heavy atom. The van der Waals surface area contributed by atoms with E-state index in [1.165, 1.54) is 22.0 Å². The van der Waals surface area contributed by atoms with Gasteiger partial charge in [-0.05, 0) is 34.6 Å². The van der Waals surface area contributed by atoms with Crippen LogP contribution in [0.25, 0.3) is 0 Å². The molecule has 0 spiro atoms. The van der Waals surface area contributed by atoms with Crippen molar-refractivity contribution in [3.05, 3.63) is 18.2 Å². The molecular formula is C14H23F2N3O2. The fourth-order valence-electron chi connectivity index (χ4n) is 1.85. The SMILES string of the molecule is CN(C(=O)OC(C)(C)C)C(C)(C)c1cncn1CC(F)F. The predicted molar refractivity (Wildman–Crippen MR) is 75.3 cm³/mol. The van der Waals surface area contributed by atoms with Crippen molar-refractivity contribution >= 4 is 6.09 Å². The predicted octanol–water partition coefficient (Wildman–Crippen LogP) is 3.25. The fraction of sp³-hybridized carbons (Fsp3) is 0.714. The van der Waals surface area contributed by atoms with Crippen LogP contribution in [0.5, 0.6) is 0 Å². The normalized spacial score (nSPS) is 12.6. The van der Waals surface area contributed by atoms with Crippen LogP contribution in [-0.4, -0.2) is 39.6 Å². The summed E-state index contributed by atoms with van der Waals surface area (Å²) < 4.78 is 31.9. The number of halogens is 2. The summed E-state index contributed by atoms with van der Waals surface area (Å²) in [6.45, 7) is 8.37. The second kappa shape index (κ2) is 5.99. The number of ether oxygens (including phenoxy) is 1. The largest absolute Gasteiger partial charge is 0.444 e. The Morgan fingerprint density at radius 3 is 2.43 bits per heavy atom. The number of amides is 1. The Kier molecular flexibility index (Phi) is 4.96. The van der Waals surface area contributed by atoms with E-state index in [2.05, 4.69) is 4.98 Å². The van der Waals surface area contributed by atoms with Gasteiger partial charge in [0.2, 0.25) is 0 Å². The summed E-state index contributed by atoms with van der Waals surface area (Å²) in [6, 6.07) is 0. The Bertz CT molecular complexity index is 493. The van der Waals surface area contributed by atoms with Gasteiger partial charge in [0.1, 0.15) is 5.60 Å². The van der Waals surface area contributed by atoms with Crippen LogP contribution >= 0.6 is 0 Å². The maximum atomic E-state index is 12.6. The highest BCUT2D eigenvalue weighted by molar-refractivity contribution is 5.69. The summed E-state index contributed by atoms with van der Waals surface area (Å²) in [5.74, 6) is 0. The maximum absolute atomic E-state index is 12.6. The van der Waals surface area contributed by atoms with E-state index in [4.69, 9.17) is 4.74 Å². The molecule has 1 amide bonds. The zero-order valence-electron chi connectivity index (χ0n) is 13.4. The molecule has 0 aliphatic heterocycles. The second-order valence-electron chi connectivity index (χ2n) is 6.42. The highest BCUT2D eigenvalue weighted by atomic mass is 19.3. The van der Waals surface area contributed by atoms with E-state index in [9.17, 15) is 13.6 Å². The molecule has 1 heterocycles. The van der Waals surface area contributed by atoms with Gasteiger partial charge in [-0.2, -0.15) is 0 Å². The zero-order valence-corrected chi connectivity index (χ0v) is 13.4. The monoisotopic (exact) mass is 303 g/mol. The number of alkyl halides is 2. The molecule has 120 valence electrons. The summed E-state index contributed by atoms with van der Waals surface area (Å²) in [6.07, 6.45) is -0.173. The van der Waals surface area contributed by atoms with E-state index >= 15 is 0 Å². The molecule has 1 aromatic rings. The van der Waals surface area contributed by atoms with Crippen molar-refractivity contribution in [1.29, 1.82) is 0 Å². The lowest BCUT2D eigenvalue weighted by Gasteiger charge is -2.37. The zero-order chi connectivity index (χ0) is 16.4. The number of carbonyl (C=O) groups is 1. The molecule has 0 atom stereocenters. The van der Waals surface area contributed by atoms with Crippen LogP contribution in [0.4, 0.5) is 13.6 Å². The van der Waals surface area contributed by atoms with E-state index in [0.717, 1.165) is 0 Å². The van der Waals surface area contributed by atoms with Crippen molar-refractivity contribution in [2.75, 3.05) is 7.05 Å². The first-order chi connectivity index (χ1) is 9.45. The van der Waals surface area contributed by atoms with Gasteiger partial charge in [-0.1, -0.05) is 0 Å². The number of aromatic nitrogens is 2. The first-order valence-electron chi connectivity index (χ1n) is 6.70. The van der Waals surface area contributed by atoms with Crippen LogP contribution in [0.1, 0.15) is 40.3 Å². The van der Waals surface area contributed by atoms with E-state index < -0.39 is 30.2 Å². The van der Waals surface area contributed by atoms with E-state index in [-0.39, 0.29) is 0 Å². The molecule has 7 heteroatoms. The fourth-order valence-corrected chi connectivity index (χ4v) is 1.85. The van der Waals surface area contributed by atoms with Gasteiger partial charge in [-0.15, -0.1) is 0 Å². The Morgan fingerprint density at radius 2 is 1.95 bits per heavy atom. The van der Waals surface area contributed by atoms with Gasteiger partial charge in [0.15, 0.2) is 0 Å². The second-order valence-corrected chi connectivity index (χ2v) is 6.42. The number of hydrogen-bond acceptors (Lipinski definition) is 3. The highest BCUT2D eigenvalue weighted by Crippen LogP contribution is 2.28. The quantitative estimate of drug-likeness (QED) is 0.858. The molecule has 0 saturated carbocycles. The molecule has 0 saturated heterocycles. The lowest BCUT2D eigenvalue weighted by Crippen LogP contribution is -2.46. The minimum absolute atomic E-state index is 0.457. The van der Waals surface area contributed by atoms with Gasteiger partial charge in [0, 0.05) is 7.05 Å². The molecular weight excluding hydrogens is 280 g/mol. The molecule has 0 N–H and O–H groups in total. The van der Waals surface area contributed by atoms with Gasteiger partial charge in [-0.25, -0.2) is 18.6 Å².